The van der Waals surface area contributed by atoms with Crippen LogP contribution in [0, 0.1) is 0 Å². The normalized spacial score (nSPS) is 17.8. The molecule has 1 heterocycles. The van der Waals surface area contributed by atoms with Crippen molar-refractivity contribution in [2.45, 2.75) is 32.2 Å². The van der Waals surface area contributed by atoms with Crippen molar-refractivity contribution in [1.29, 1.82) is 0 Å². The predicted molar refractivity (Wildman–Crippen MR) is 86.4 cm³/mol. The lowest BCUT2D eigenvalue weighted by Gasteiger charge is -2.29. The molecule has 1 atom stereocenters. The van der Waals surface area contributed by atoms with E-state index in [-0.39, 0.29) is 11.9 Å². The zero-order valence-corrected chi connectivity index (χ0v) is 14.0. The molecule has 1 N–H and O–H groups in total. The molecule has 1 aliphatic heterocycles. The van der Waals surface area contributed by atoms with Gasteiger partial charge in [0.25, 0.3) is 5.91 Å². The molecule has 0 radical (unpaired) electrons. The standard InChI is InChI=1S/C15H20BrClN2O/c1-11(10-19-5-3-2-4-6-19)18-15(20)12-7-13(16)9-14(17)8-12/h7-9,11H,2-6,10H2,1H3,(H,18,20). The predicted octanol–water partition coefficient (Wildman–Crippen LogP) is 3.71. The third-order valence-corrected chi connectivity index (χ3v) is 4.16. The summed E-state index contributed by atoms with van der Waals surface area (Å²) < 4.78 is 0.818. The average Bonchev–Trinajstić information content (AvgIpc) is 2.38. The number of likely N-dealkylation sites (tertiary alicyclic amines) is 1. The summed E-state index contributed by atoms with van der Waals surface area (Å²) in [4.78, 5) is 14.6. The number of hydrogen-bond donors (Lipinski definition) is 1. The minimum atomic E-state index is -0.0716. The van der Waals surface area contributed by atoms with Crippen LogP contribution in [0.5, 0.6) is 0 Å². The van der Waals surface area contributed by atoms with Gasteiger partial charge in [-0.3, -0.25) is 4.79 Å². The summed E-state index contributed by atoms with van der Waals surface area (Å²) in [6, 6.07) is 5.39. The van der Waals surface area contributed by atoms with Gasteiger partial charge in [0.05, 0.1) is 0 Å². The van der Waals surface area contributed by atoms with Crippen LogP contribution in [0.3, 0.4) is 0 Å². The smallest absolute Gasteiger partial charge is 0.251 e. The summed E-state index contributed by atoms with van der Waals surface area (Å²) in [5.41, 5.74) is 0.592. The number of benzene rings is 1. The maximum absolute atomic E-state index is 12.2. The molecular weight excluding hydrogens is 340 g/mol. The summed E-state index contributed by atoms with van der Waals surface area (Å²) in [5, 5.41) is 3.60. The third kappa shape index (κ3) is 4.76. The van der Waals surface area contributed by atoms with Crippen molar-refractivity contribution in [1.82, 2.24) is 10.2 Å². The quantitative estimate of drug-likeness (QED) is 0.889. The van der Waals surface area contributed by atoms with Gasteiger partial charge in [-0.2, -0.15) is 0 Å². The van der Waals surface area contributed by atoms with E-state index in [1.165, 1.54) is 19.3 Å². The summed E-state index contributed by atoms with van der Waals surface area (Å²) in [6.07, 6.45) is 3.86. The highest BCUT2D eigenvalue weighted by Gasteiger charge is 2.16. The monoisotopic (exact) mass is 358 g/mol. The largest absolute Gasteiger partial charge is 0.348 e. The molecule has 5 heteroatoms. The van der Waals surface area contributed by atoms with Crippen molar-refractivity contribution in [3.05, 3.63) is 33.3 Å². The lowest BCUT2D eigenvalue weighted by molar-refractivity contribution is 0.0925. The molecule has 1 aromatic carbocycles. The SMILES string of the molecule is CC(CN1CCCCC1)NC(=O)c1cc(Cl)cc(Br)c1. The molecule has 2 rings (SSSR count). The number of piperidine rings is 1. The summed E-state index contributed by atoms with van der Waals surface area (Å²) in [5.74, 6) is -0.0716. The first kappa shape index (κ1) is 15.8. The van der Waals surface area contributed by atoms with Gasteiger partial charge in [-0.25, -0.2) is 0 Å². The van der Waals surface area contributed by atoms with Gasteiger partial charge in [0.1, 0.15) is 0 Å². The van der Waals surface area contributed by atoms with Crippen LogP contribution in [0.15, 0.2) is 22.7 Å². The van der Waals surface area contributed by atoms with Gasteiger partial charge in [-0.15, -0.1) is 0 Å². The van der Waals surface area contributed by atoms with Crippen LogP contribution >= 0.6 is 27.5 Å². The van der Waals surface area contributed by atoms with Crippen LogP contribution in [0.25, 0.3) is 0 Å². The fraction of sp³-hybridized carbons (Fsp3) is 0.533. The molecule has 20 heavy (non-hydrogen) atoms. The number of nitrogens with zero attached hydrogens (tertiary/aromatic N) is 1. The van der Waals surface area contributed by atoms with Gasteiger partial charge in [0.15, 0.2) is 0 Å². The van der Waals surface area contributed by atoms with E-state index in [1.54, 1.807) is 18.2 Å². The van der Waals surface area contributed by atoms with Crippen LogP contribution in [-0.2, 0) is 0 Å². The number of hydrogen-bond acceptors (Lipinski definition) is 2. The molecule has 0 aromatic heterocycles. The molecule has 1 aromatic rings. The molecular formula is C15H20BrClN2O. The number of carbonyl (C=O) groups excluding carboxylic acids is 1. The fourth-order valence-corrected chi connectivity index (χ4v) is 3.43. The Bertz CT molecular complexity index is 455. The highest BCUT2D eigenvalue weighted by molar-refractivity contribution is 9.10. The number of rotatable bonds is 4. The van der Waals surface area contributed by atoms with Gasteiger partial charge >= 0.3 is 0 Å². The molecule has 1 amide bonds. The summed E-state index contributed by atoms with van der Waals surface area (Å²) >= 11 is 9.32. The second-order valence-corrected chi connectivity index (χ2v) is 6.75. The van der Waals surface area contributed by atoms with Crippen molar-refractivity contribution < 1.29 is 4.79 Å². The van der Waals surface area contributed by atoms with E-state index in [9.17, 15) is 4.79 Å². The first-order valence-electron chi connectivity index (χ1n) is 7.04. The van der Waals surface area contributed by atoms with Gasteiger partial charge in [0, 0.05) is 27.6 Å². The second kappa shape index (κ2) is 7.43. The molecule has 0 bridgehead atoms. The first-order chi connectivity index (χ1) is 9.54. The van der Waals surface area contributed by atoms with Crippen LogP contribution in [0.1, 0.15) is 36.5 Å². The molecule has 3 nitrogen and oxygen atoms in total. The van der Waals surface area contributed by atoms with E-state index < -0.39 is 0 Å². The van der Waals surface area contributed by atoms with Gasteiger partial charge in [-0.05, 0) is 51.1 Å². The second-order valence-electron chi connectivity index (χ2n) is 5.39. The van der Waals surface area contributed by atoms with Crippen molar-refractivity contribution in [3.63, 3.8) is 0 Å². The maximum Gasteiger partial charge on any atom is 0.251 e. The highest BCUT2D eigenvalue weighted by Crippen LogP contribution is 2.19. The van der Waals surface area contributed by atoms with Crippen LogP contribution in [-0.4, -0.2) is 36.5 Å². The Labute approximate surface area is 133 Å². The molecule has 110 valence electrons. The Morgan fingerprint density at radius 2 is 2.05 bits per heavy atom. The Hall–Kier alpha value is -0.580. The van der Waals surface area contributed by atoms with Gasteiger partial charge < -0.3 is 10.2 Å². The Morgan fingerprint density at radius 3 is 2.70 bits per heavy atom. The van der Waals surface area contributed by atoms with E-state index in [4.69, 9.17) is 11.6 Å². The first-order valence-corrected chi connectivity index (χ1v) is 8.21. The number of halogens is 2. The molecule has 1 saturated heterocycles. The molecule has 0 saturated carbocycles. The number of amides is 1. The minimum absolute atomic E-state index is 0.0716. The van der Waals surface area contributed by atoms with Crippen LogP contribution in [0.4, 0.5) is 0 Å². The topological polar surface area (TPSA) is 32.3 Å². The fourth-order valence-electron chi connectivity index (χ4n) is 2.57. The van der Waals surface area contributed by atoms with Crippen LogP contribution in [0.2, 0.25) is 5.02 Å². The Morgan fingerprint density at radius 1 is 1.35 bits per heavy atom. The lowest BCUT2D eigenvalue weighted by atomic mass is 10.1. The van der Waals surface area contributed by atoms with Crippen LogP contribution < -0.4 is 5.32 Å². The van der Waals surface area contributed by atoms with E-state index in [0.29, 0.717) is 10.6 Å². The molecule has 1 fully saturated rings. The van der Waals surface area contributed by atoms with Gasteiger partial charge in [0.2, 0.25) is 0 Å². The molecule has 0 spiro atoms. The van der Waals surface area contributed by atoms with Crippen molar-refractivity contribution >= 4 is 33.4 Å². The Kier molecular flexibility index (Phi) is 5.87. The van der Waals surface area contributed by atoms with E-state index in [2.05, 4.69) is 26.1 Å². The van der Waals surface area contributed by atoms with Crippen molar-refractivity contribution in [3.8, 4) is 0 Å². The van der Waals surface area contributed by atoms with E-state index in [0.717, 1.165) is 24.1 Å². The summed E-state index contributed by atoms with van der Waals surface area (Å²) in [7, 11) is 0. The highest BCUT2D eigenvalue weighted by atomic mass is 79.9. The zero-order valence-electron chi connectivity index (χ0n) is 11.7. The maximum atomic E-state index is 12.2. The van der Waals surface area contributed by atoms with E-state index in [1.807, 2.05) is 6.92 Å². The van der Waals surface area contributed by atoms with Gasteiger partial charge in [-0.1, -0.05) is 34.0 Å². The third-order valence-electron chi connectivity index (χ3n) is 3.48. The molecule has 1 unspecified atom stereocenters. The van der Waals surface area contributed by atoms with Crippen molar-refractivity contribution in [2.24, 2.45) is 0 Å². The van der Waals surface area contributed by atoms with Crippen molar-refractivity contribution in [2.75, 3.05) is 19.6 Å². The lowest BCUT2D eigenvalue weighted by Crippen LogP contribution is -2.43. The number of nitrogens with one attached hydrogen (secondary N) is 1. The minimum Gasteiger partial charge on any atom is -0.348 e. The zero-order chi connectivity index (χ0) is 14.5. The average molecular weight is 360 g/mol. The van der Waals surface area contributed by atoms with E-state index >= 15 is 0 Å². The Balaban J connectivity index is 1.89. The molecule has 0 aliphatic carbocycles. The number of carbonyl (C=O) groups is 1. The molecule has 1 aliphatic rings. The summed E-state index contributed by atoms with van der Waals surface area (Å²) in [6.45, 7) is 5.24.